The minimum Gasteiger partial charge on any atom is -0.495 e. The molecule has 0 bridgehead atoms. The molecule has 2 rings (SSSR count). The summed E-state index contributed by atoms with van der Waals surface area (Å²) in [6, 6.07) is 7.80. The number of hydrogen-bond acceptors (Lipinski definition) is 3. The van der Waals surface area contributed by atoms with E-state index in [1.54, 1.807) is 7.11 Å². The number of para-hydroxylation sites is 1. The number of ether oxygens (including phenoxy) is 1. The van der Waals surface area contributed by atoms with Crippen molar-refractivity contribution in [2.45, 2.75) is 32.6 Å². The summed E-state index contributed by atoms with van der Waals surface area (Å²) in [6.07, 6.45) is 5.25. The van der Waals surface area contributed by atoms with Gasteiger partial charge in [-0.3, -0.25) is 0 Å². The lowest BCUT2D eigenvalue weighted by molar-refractivity contribution is 0.293. The Bertz CT molecular complexity index is 464. The summed E-state index contributed by atoms with van der Waals surface area (Å²) in [7, 11) is 1.64. The van der Waals surface area contributed by atoms with Crippen molar-refractivity contribution in [3.8, 4) is 11.8 Å². The lowest BCUT2D eigenvalue weighted by atomic mass is 9.82. The Hall–Kier alpha value is -1.69. The molecule has 0 heterocycles. The van der Waals surface area contributed by atoms with Crippen LogP contribution in [0.4, 0.5) is 5.69 Å². The molecule has 1 aromatic carbocycles. The highest BCUT2D eigenvalue weighted by Gasteiger charge is 2.19. The molecule has 0 spiro atoms. The molecule has 2 unspecified atom stereocenters. The molecule has 3 nitrogen and oxygen atoms in total. The van der Waals surface area contributed by atoms with E-state index in [1.807, 2.05) is 18.2 Å². The third-order valence-corrected chi connectivity index (χ3v) is 3.98. The fourth-order valence-electron chi connectivity index (χ4n) is 2.97. The second-order valence-electron chi connectivity index (χ2n) is 5.51. The molecule has 0 aromatic heterocycles. The molecule has 0 aliphatic heterocycles. The summed E-state index contributed by atoms with van der Waals surface area (Å²) in [5.74, 6) is 2.29. The zero-order valence-electron chi connectivity index (χ0n) is 11.8. The zero-order valence-corrected chi connectivity index (χ0v) is 11.8. The van der Waals surface area contributed by atoms with Gasteiger partial charge < -0.3 is 10.1 Å². The Balaban J connectivity index is 2.04. The number of methoxy groups -OCH3 is 1. The van der Waals surface area contributed by atoms with E-state index in [0.29, 0.717) is 11.5 Å². The Morgan fingerprint density at radius 2 is 2.26 bits per heavy atom. The van der Waals surface area contributed by atoms with Gasteiger partial charge in [-0.2, -0.15) is 5.26 Å². The van der Waals surface area contributed by atoms with E-state index in [4.69, 9.17) is 4.74 Å². The first kappa shape index (κ1) is 13.7. The average molecular weight is 258 g/mol. The maximum atomic E-state index is 9.17. The highest BCUT2D eigenvalue weighted by molar-refractivity contribution is 5.66. The summed E-state index contributed by atoms with van der Waals surface area (Å²) in [4.78, 5) is 0. The van der Waals surface area contributed by atoms with E-state index < -0.39 is 0 Å². The van der Waals surface area contributed by atoms with E-state index in [1.165, 1.54) is 25.7 Å². The van der Waals surface area contributed by atoms with Crippen LogP contribution in [0.25, 0.3) is 0 Å². The predicted molar refractivity (Wildman–Crippen MR) is 77.3 cm³/mol. The Labute approximate surface area is 115 Å². The fourth-order valence-corrected chi connectivity index (χ4v) is 2.97. The molecule has 1 aromatic rings. The highest BCUT2D eigenvalue weighted by atomic mass is 16.5. The van der Waals surface area contributed by atoms with Crippen molar-refractivity contribution >= 4 is 5.69 Å². The van der Waals surface area contributed by atoms with Crippen LogP contribution in [0.3, 0.4) is 0 Å². The van der Waals surface area contributed by atoms with Crippen molar-refractivity contribution in [3.05, 3.63) is 23.8 Å². The van der Waals surface area contributed by atoms with E-state index in [2.05, 4.69) is 18.3 Å². The van der Waals surface area contributed by atoms with E-state index in [0.717, 1.165) is 23.9 Å². The first-order valence-electron chi connectivity index (χ1n) is 7.05. The Morgan fingerprint density at radius 3 is 2.95 bits per heavy atom. The molecule has 0 radical (unpaired) electrons. The largest absolute Gasteiger partial charge is 0.495 e. The van der Waals surface area contributed by atoms with E-state index >= 15 is 0 Å². The number of hydrogen-bond donors (Lipinski definition) is 1. The number of rotatable bonds is 4. The highest BCUT2D eigenvalue weighted by Crippen LogP contribution is 2.31. The van der Waals surface area contributed by atoms with Crippen LogP contribution in [0.15, 0.2) is 18.2 Å². The fraction of sp³-hybridized carbons (Fsp3) is 0.562. The van der Waals surface area contributed by atoms with Crippen molar-refractivity contribution in [1.29, 1.82) is 5.26 Å². The van der Waals surface area contributed by atoms with Crippen molar-refractivity contribution < 1.29 is 4.74 Å². The molecule has 2 atom stereocenters. The van der Waals surface area contributed by atoms with Gasteiger partial charge in [-0.1, -0.05) is 25.8 Å². The molecular formula is C16H22N2O. The molecule has 1 aliphatic rings. The monoisotopic (exact) mass is 258 g/mol. The summed E-state index contributed by atoms with van der Waals surface area (Å²) in [5, 5.41) is 12.6. The van der Waals surface area contributed by atoms with E-state index in [9.17, 15) is 5.26 Å². The van der Waals surface area contributed by atoms with Crippen molar-refractivity contribution in [1.82, 2.24) is 0 Å². The number of nitrogens with zero attached hydrogens (tertiary/aromatic N) is 1. The molecule has 1 saturated carbocycles. The summed E-state index contributed by atoms with van der Waals surface area (Å²) >= 11 is 0. The van der Waals surface area contributed by atoms with Crippen LogP contribution < -0.4 is 10.1 Å². The van der Waals surface area contributed by atoms with Crippen molar-refractivity contribution in [2.24, 2.45) is 11.8 Å². The van der Waals surface area contributed by atoms with Gasteiger partial charge in [0.05, 0.1) is 18.4 Å². The van der Waals surface area contributed by atoms with Gasteiger partial charge in [0, 0.05) is 6.54 Å². The first-order chi connectivity index (χ1) is 9.24. The average Bonchev–Trinajstić information content (AvgIpc) is 2.44. The van der Waals surface area contributed by atoms with Crippen LogP contribution >= 0.6 is 0 Å². The van der Waals surface area contributed by atoms with Gasteiger partial charge in [0.15, 0.2) is 0 Å². The summed E-state index contributed by atoms with van der Waals surface area (Å²) < 4.78 is 5.34. The van der Waals surface area contributed by atoms with Crippen LogP contribution in [0.5, 0.6) is 5.75 Å². The van der Waals surface area contributed by atoms with Gasteiger partial charge in [0.2, 0.25) is 0 Å². The van der Waals surface area contributed by atoms with Gasteiger partial charge in [-0.25, -0.2) is 0 Å². The van der Waals surface area contributed by atoms with Crippen LogP contribution in [-0.2, 0) is 0 Å². The first-order valence-corrected chi connectivity index (χ1v) is 7.05. The standard InChI is InChI=1S/C16H22N2O/c1-12-5-3-6-13(9-12)11-18-16-14(10-17)7-4-8-15(16)19-2/h4,7-8,12-13,18H,3,5-6,9,11H2,1-2H3. The third kappa shape index (κ3) is 3.41. The van der Waals surface area contributed by atoms with Crippen LogP contribution in [-0.4, -0.2) is 13.7 Å². The maximum absolute atomic E-state index is 9.17. The third-order valence-electron chi connectivity index (χ3n) is 3.98. The Morgan fingerprint density at radius 1 is 1.42 bits per heavy atom. The smallest absolute Gasteiger partial charge is 0.143 e. The SMILES string of the molecule is COc1cccc(C#N)c1NCC1CCCC(C)C1. The van der Waals surface area contributed by atoms with Gasteiger partial charge in [0.25, 0.3) is 0 Å². The van der Waals surface area contributed by atoms with Crippen LogP contribution in [0.2, 0.25) is 0 Å². The van der Waals surface area contributed by atoms with Crippen LogP contribution in [0, 0.1) is 23.2 Å². The van der Waals surface area contributed by atoms with Gasteiger partial charge in [-0.15, -0.1) is 0 Å². The maximum Gasteiger partial charge on any atom is 0.143 e. The molecule has 3 heteroatoms. The predicted octanol–water partition coefficient (Wildman–Crippen LogP) is 3.81. The molecule has 1 fully saturated rings. The number of nitrogens with one attached hydrogen (secondary N) is 1. The van der Waals surface area contributed by atoms with E-state index in [-0.39, 0.29) is 0 Å². The quantitative estimate of drug-likeness (QED) is 0.893. The molecule has 1 N–H and O–H groups in total. The summed E-state index contributed by atoms with van der Waals surface area (Å²) in [5.41, 5.74) is 1.49. The molecular weight excluding hydrogens is 236 g/mol. The number of anilines is 1. The molecule has 0 saturated heterocycles. The molecule has 0 amide bonds. The molecule has 102 valence electrons. The number of benzene rings is 1. The lowest BCUT2D eigenvalue weighted by Crippen LogP contribution is -2.21. The van der Waals surface area contributed by atoms with Gasteiger partial charge in [0.1, 0.15) is 11.8 Å². The number of nitriles is 1. The topological polar surface area (TPSA) is 45.0 Å². The minimum absolute atomic E-state index is 0.656. The molecule has 19 heavy (non-hydrogen) atoms. The van der Waals surface area contributed by atoms with Gasteiger partial charge in [-0.05, 0) is 36.8 Å². The minimum atomic E-state index is 0.656. The second-order valence-corrected chi connectivity index (χ2v) is 5.51. The van der Waals surface area contributed by atoms with Crippen LogP contribution in [0.1, 0.15) is 38.2 Å². The lowest BCUT2D eigenvalue weighted by Gasteiger charge is -2.27. The zero-order chi connectivity index (χ0) is 13.7. The normalized spacial score (nSPS) is 22.6. The summed E-state index contributed by atoms with van der Waals surface area (Å²) in [6.45, 7) is 3.26. The Kier molecular flexibility index (Phi) is 4.68. The second kappa shape index (κ2) is 6.47. The molecule has 1 aliphatic carbocycles. The van der Waals surface area contributed by atoms with Gasteiger partial charge >= 0.3 is 0 Å². The van der Waals surface area contributed by atoms with Crippen molar-refractivity contribution in [3.63, 3.8) is 0 Å². The van der Waals surface area contributed by atoms with Crippen molar-refractivity contribution in [2.75, 3.05) is 19.0 Å².